The molecule has 2 aromatic rings. The number of benzene rings is 2. The van der Waals surface area contributed by atoms with Crippen molar-refractivity contribution in [2.24, 2.45) is 0 Å². The third kappa shape index (κ3) is 4.14. The van der Waals surface area contributed by atoms with Gasteiger partial charge in [0.15, 0.2) is 11.5 Å². The fourth-order valence-corrected chi connectivity index (χ4v) is 6.70. The van der Waals surface area contributed by atoms with Crippen molar-refractivity contribution in [2.45, 2.75) is 29.5 Å². The highest BCUT2D eigenvalue weighted by atomic mass is 32.2. The maximum absolute atomic E-state index is 13.2. The molecule has 0 bridgehead atoms. The van der Waals surface area contributed by atoms with Gasteiger partial charge < -0.3 is 14.6 Å². The van der Waals surface area contributed by atoms with Crippen molar-refractivity contribution in [3.8, 4) is 22.6 Å². The molecule has 7 nitrogen and oxygen atoms in total. The van der Waals surface area contributed by atoms with Crippen LogP contribution < -0.4 is 9.47 Å². The van der Waals surface area contributed by atoms with Crippen molar-refractivity contribution in [2.75, 3.05) is 26.5 Å². The van der Waals surface area contributed by atoms with Gasteiger partial charge in [-0.15, -0.1) is 0 Å². The maximum atomic E-state index is 13.2. The molecule has 0 saturated carbocycles. The van der Waals surface area contributed by atoms with Gasteiger partial charge in [-0.05, 0) is 49.2 Å². The summed E-state index contributed by atoms with van der Waals surface area (Å²) in [6, 6.07) is 10.7. The Morgan fingerprint density at radius 2 is 1.67 bits per heavy atom. The first kappa shape index (κ1) is 22.5. The third-order valence-electron chi connectivity index (χ3n) is 5.14. The molecule has 1 atom stereocenters. The Hall–Kier alpha value is -2.23. The van der Waals surface area contributed by atoms with E-state index in [1.807, 2.05) is 12.1 Å². The number of nitrogens with zero attached hydrogens (tertiary/aromatic N) is 1. The third-order valence-corrected chi connectivity index (χ3v) is 8.38. The van der Waals surface area contributed by atoms with E-state index in [2.05, 4.69) is 0 Å². The molecule has 0 spiro atoms. The number of hydrogen-bond acceptors (Lipinski definition) is 6. The minimum atomic E-state index is -3.96. The van der Waals surface area contributed by atoms with E-state index in [-0.39, 0.29) is 11.4 Å². The van der Waals surface area contributed by atoms with E-state index in [0.29, 0.717) is 17.3 Å². The van der Waals surface area contributed by atoms with E-state index >= 15 is 0 Å². The van der Waals surface area contributed by atoms with Gasteiger partial charge in [-0.25, -0.2) is 8.42 Å². The van der Waals surface area contributed by atoms with Crippen LogP contribution >= 0.6 is 11.8 Å². The van der Waals surface area contributed by atoms with Crippen LogP contribution in [0, 0.1) is 0 Å². The molecule has 0 aliphatic carbocycles. The summed E-state index contributed by atoms with van der Waals surface area (Å²) in [5.74, 6) is 0.576. The molecule has 1 fully saturated rings. The second-order valence-electron chi connectivity index (χ2n) is 7.40. The van der Waals surface area contributed by atoms with Gasteiger partial charge in [-0.1, -0.05) is 18.2 Å². The quantitative estimate of drug-likeness (QED) is 0.720. The highest BCUT2D eigenvalue weighted by Crippen LogP contribution is 2.39. The number of carbonyl (C=O) groups is 1. The number of aliphatic carboxylic acids is 1. The van der Waals surface area contributed by atoms with Crippen LogP contribution in [0.25, 0.3) is 11.1 Å². The molecule has 0 aromatic heterocycles. The van der Waals surface area contributed by atoms with Crippen LogP contribution in [0.2, 0.25) is 0 Å². The summed E-state index contributed by atoms with van der Waals surface area (Å²) < 4.78 is 37.4. The lowest BCUT2D eigenvalue weighted by Crippen LogP contribution is -2.58. The van der Waals surface area contributed by atoms with Crippen molar-refractivity contribution in [3.63, 3.8) is 0 Å². The van der Waals surface area contributed by atoms with Crippen LogP contribution in [0.15, 0.2) is 47.4 Å². The highest BCUT2D eigenvalue weighted by molar-refractivity contribution is 8.00. The standard InChI is InChI=1S/C21H25NO6S2/c1-21(2)19(20(23)24)22(11-12-29-21)30(25,26)16-8-5-14(6-9-16)15-7-10-17(27-3)18(13-15)28-4/h5-10,13,19H,11-12H2,1-4H3,(H,23,24). The average molecular weight is 452 g/mol. The summed E-state index contributed by atoms with van der Waals surface area (Å²) in [7, 11) is -0.848. The van der Waals surface area contributed by atoms with E-state index in [1.165, 1.54) is 23.9 Å². The predicted molar refractivity (Wildman–Crippen MR) is 117 cm³/mol. The largest absolute Gasteiger partial charge is 0.493 e. The zero-order valence-corrected chi connectivity index (χ0v) is 18.9. The Morgan fingerprint density at radius 3 is 2.23 bits per heavy atom. The summed E-state index contributed by atoms with van der Waals surface area (Å²) in [6.07, 6.45) is 0. The fraction of sp³-hybridized carbons (Fsp3) is 0.381. The molecular weight excluding hydrogens is 426 g/mol. The van der Waals surface area contributed by atoms with E-state index in [1.54, 1.807) is 46.3 Å². The number of methoxy groups -OCH3 is 2. The van der Waals surface area contributed by atoms with Gasteiger partial charge in [0.25, 0.3) is 0 Å². The van der Waals surface area contributed by atoms with Crippen molar-refractivity contribution >= 4 is 27.8 Å². The molecule has 1 N–H and O–H groups in total. The smallest absolute Gasteiger partial charge is 0.323 e. The van der Waals surface area contributed by atoms with Crippen LogP contribution in [0.1, 0.15) is 13.8 Å². The predicted octanol–water partition coefficient (Wildman–Crippen LogP) is 3.34. The Bertz CT molecular complexity index is 1030. The molecule has 1 aliphatic rings. The van der Waals surface area contributed by atoms with E-state index in [4.69, 9.17) is 9.47 Å². The van der Waals surface area contributed by atoms with Crippen molar-refractivity contribution in [3.05, 3.63) is 42.5 Å². The molecule has 1 aliphatic heterocycles. The Labute approximate surface area is 181 Å². The number of sulfonamides is 1. The zero-order chi connectivity index (χ0) is 22.1. The molecule has 1 saturated heterocycles. The number of carboxylic acid groups (broad SMARTS) is 1. The summed E-state index contributed by atoms with van der Waals surface area (Å²) in [5.41, 5.74) is 1.65. The van der Waals surface area contributed by atoms with Gasteiger partial charge in [0.1, 0.15) is 6.04 Å². The van der Waals surface area contributed by atoms with Crippen LogP contribution in [0.3, 0.4) is 0 Å². The maximum Gasteiger partial charge on any atom is 0.323 e. The molecule has 2 aromatic carbocycles. The molecule has 162 valence electrons. The van der Waals surface area contributed by atoms with Crippen LogP contribution in [-0.4, -0.2) is 61.1 Å². The van der Waals surface area contributed by atoms with E-state index in [0.717, 1.165) is 15.4 Å². The second kappa shape index (κ2) is 8.49. The lowest BCUT2D eigenvalue weighted by Gasteiger charge is -2.42. The minimum Gasteiger partial charge on any atom is -0.493 e. The molecule has 0 radical (unpaired) electrons. The van der Waals surface area contributed by atoms with Gasteiger partial charge >= 0.3 is 5.97 Å². The van der Waals surface area contributed by atoms with Gasteiger partial charge in [-0.2, -0.15) is 16.1 Å². The Kier molecular flexibility index (Phi) is 6.35. The summed E-state index contributed by atoms with van der Waals surface area (Å²) in [6.45, 7) is 3.68. The topological polar surface area (TPSA) is 93.1 Å². The normalized spacial score (nSPS) is 19.3. The van der Waals surface area contributed by atoms with Crippen molar-refractivity contribution < 1.29 is 27.8 Å². The van der Waals surface area contributed by atoms with Gasteiger partial charge in [-0.3, -0.25) is 4.79 Å². The van der Waals surface area contributed by atoms with Gasteiger partial charge in [0.05, 0.1) is 19.1 Å². The van der Waals surface area contributed by atoms with Crippen LogP contribution in [0.4, 0.5) is 0 Å². The lowest BCUT2D eigenvalue weighted by molar-refractivity contribution is -0.142. The van der Waals surface area contributed by atoms with E-state index in [9.17, 15) is 18.3 Å². The number of hydrogen-bond donors (Lipinski definition) is 1. The molecule has 1 heterocycles. The summed E-state index contributed by atoms with van der Waals surface area (Å²) in [5, 5.41) is 9.70. The monoisotopic (exact) mass is 451 g/mol. The van der Waals surface area contributed by atoms with E-state index < -0.39 is 26.8 Å². The Balaban J connectivity index is 1.94. The molecule has 9 heteroatoms. The molecule has 3 rings (SSSR count). The molecule has 0 amide bonds. The molecule has 1 unspecified atom stereocenters. The summed E-state index contributed by atoms with van der Waals surface area (Å²) >= 11 is 1.47. The first-order chi connectivity index (χ1) is 14.1. The SMILES string of the molecule is COc1ccc(-c2ccc(S(=O)(=O)N3CCSC(C)(C)C3C(=O)O)cc2)cc1OC. The van der Waals surface area contributed by atoms with Crippen LogP contribution in [-0.2, 0) is 14.8 Å². The highest BCUT2D eigenvalue weighted by Gasteiger charge is 2.48. The number of rotatable bonds is 6. The van der Waals surface area contributed by atoms with Crippen molar-refractivity contribution in [1.29, 1.82) is 0 Å². The van der Waals surface area contributed by atoms with Gasteiger partial charge in [0.2, 0.25) is 10.0 Å². The van der Waals surface area contributed by atoms with Crippen LogP contribution in [0.5, 0.6) is 11.5 Å². The average Bonchev–Trinajstić information content (AvgIpc) is 2.72. The zero-order valence-electron chi connectivity index (χ0n) is 17.3. The number of carboxylic acids is 1. The first-order valence-corrected chi connectivity index (χ1v) is 11.8. The lowest BCUT2D eigenvalue weighted by atomic mass is 10.0. The number of ether oxygens (including phenoxy) is 2. The first-order valence-electron chi connectivity index (χ1n) is 9.33. The number of thioether (sulfide) groups is 1. The summed E-state index contributed by atoms with van der Waals surface area (Å²) in [4.78, 5) is 11.9. The van der Waals surface area contributed by atoms with Gasteiger partial charge in [0, 0.05) is 17.0 Å². The second-order valence-corrected chi connectivity index (χ2v) is 11.0. The molecular formula is C21H25NO6S2. The molecule has 30 heavy (non-hydrogen) atoms. The Morgan fingerprint density at radius 1 is 1.07 bits per heavy atom. The minimum absolute atomic E-state index is 0.0701. The van der Waals surface area contributed by atoms with Crippen molar-refractivity contribution in [1.82, 2.24) is 4.31 Å². The fourth-order valence-electron chi connectivity index (χ4n) is 3.60.